The Kier molecular flexibility index (Phi) is 5.88. The summed E-state index contributed by atoms with van der Waals surface area (Å²) in [5.41, 5.74) is 0.816. The molecule has 0 aliphatic carbocycles. The largest absolute Gasteiger partial charge is 0.451 e. The summed E-state index contributed by atoms with van der Waals surface area (Å²) in [7, 11) is 0. The number of halogens is 1. The summed E-state index contributed by atoms with van der Waals surface area (Å²) in [6.07, 6.45) is 0. The molecule has 0 aliphatic rings. The Labute approximate surface area is 146 Å². The number of esters is 1. The Balaban J connectivity index is 1.86. The second-order valence-corrected chi connectivity index (χ2v) is 6.31. The molecule has 0 spiro atoms. The highest BCUT2D eigenvalue weighted by atomic mass is 35.5. The first-order valence-corrected chi connectivity index (χ1v) is 8.02. The van der Waals surface area contributed by atoms with Gasteiger partial charge in [0.05, 0.1) is 11.0 Å². The van der Waals surface area contributed by atoms with Crippen molar-refractivity contribution < 1.29 is 19.2 Å². The molecule has 1 heterocycles. The number of carbonyl (C=O) groups is 2. The van der Waals surface area contributed by atoms with Gasteiger partial charge in [0.15, 0.2) is 6.61 Å². The predicted molar refractivity (Wildman–Crippen MR) is 89.3 cm³/mol. The average molecular weight is 369 g/mol. The van der Waals surface area contributed by atoms with E-state index in [1.807, 2.05) is 6.07 Å². The van der Waals surface area contributed by atoms with Crippen LogP contribution in [0.25, 0.3) is 0 Å². The fraction of sp³-hybridized carbons (Fsp3) is 0.200. The quantitative estimate of drug-likeness (QED) is 0.479. The molecule has 1 atom stereocenters. The normalized spacial score (nSPS) is 11.6. The summed E-state index contributed by atoms with van der Waals surface area (Å²) < 4.78 is 4.85. The summed E-state index contributed by atoms with van der Waals surface area (Å²) in [4.78, 5) is 33.6. The molecule has 1 aromatic carbocycles. The Hall–Kier alpha value is -2.45. The zero-order valence-electron chi connectivity index (χ0n) is 12.5. The van der Waals surface area contributed by atoms with Crippen LogP contribution in [0, 0.1) is 10.1 Å². The van der Waals surface area contributed by atoms with Gasteiger partial charge in [-0.15, -0.1) is 0 Å². The Bertz CT molecular complexity index is 777. The van der Waals surface area contributed by atoms with Crippen molar-refractivity contribution >= 4 is 39.8 Å². The van der Waals surface area contributed by atoms with E-state index in [4.69, 9.17) is 16.3 Å². The molecule has 1 amide bonds. The van der Waals surface area contributed by atoms with Crippen molar-refractivity contribution in [1.82, 2.24) is 5.32 Å². The second-order valence-electron chi connectivity index (χ2n) is 4.82. The van der Waals surface area contributed by atoms with Crippen LogP contribution in [0.1, 0.15) is 28.2 Å². The van der Waals surface area contributed by atoms with Crippen molar-refractivity contribution in [1.29, 1.82) is 0 Å². The third-order valence-corrected chi connectivity index (χ3v) is 4.29. The van der Waals surface area contributed by atoms with Gasteiger partial charge >= 0.3 is 11.0 Å². The first-order chi connectivity index (χ1) is 11.4. The highest BCUT2D eigenvalue weighted by Gasteiger charge is 2.18. The summed E-state index contributed by atoms with van der Waals surface area (Å²) >= 11 is 6.58. The number of nitrogens with zero attached hydrogens (tertiary/aromatic N) is 1. The molecule has 7 nitrogen and oxygen atoms in total. The van der Waals surface area contributed by atoms with Crippen LogP contribution >= 0.6 is 22.9 Å². The third kappa shape index (κ3) is 4.77. The first kappa shape index (κ1) is 17.9. The summed E-state index contributed by atoms with van der Waals surface area (Å²) in [5.74, 6) is -1.26. The van der Waals surface area contributed by atoms with Gasteiger partial charge in [-0.25, -0.2) is 4.79 Å². The summed E-state index contributed by atoms with van der Waals surface area (Å²) in [6, 6.07) is 9.22. The Morgan fingerprint density at radius 2 is 2.12 bits per heavy atom. The van der Waals surface area contributed by atoms with Crippen molar-refractivity contribution in [3.05, 3.63) is 62.0 Å². The van der Waals surface area contributed by atoms with Crippen LogP contribution in [-0.2, 0) is 9.53 Å². The minimum Gasteiger partial charge on any atom is -0.451 e. The van der Waals surface area contributed by atoms with Crippen LogP contribution in [0.3, 0.4) is 0 Å². The van der Waals surface area contributed by atoms with Crippen LogP contribution in [-0.4, -0.2) is 23.4 Å². The highest BCUT2D eigenvalue weighted by molar-refractivity contribution is 7.17. The lowest BCUT2D eigenvalue weighted by Gasteiger charge is -2.14. The molecular weight excluding hydrogens is 356 g/mol. The van der Waals surface area contributed by atoms with E-state index in [0.717, 1.165) is 5.56 Å². The zero-order valence-corrected chi connectivity index (χ0v) is 14.1. The molecule has 24 heavy (non-hydrogen) atoms. The number of benzene rings is 1. The SMILES string of the molecule is C[C@H](NC(=O)COC(=O)c1ccc([N+](=O)[O-])s1)c1cccc(Cl)c1. The summed E-state index contributed by atoms with van der Waals surface area (Å²) in [6.45, 7) is 1.30. The van der Waals surface area contributed by atoms with E-state index in [1.54, 1.807) is 25.1 Å². The molecule has 0 unspecified atom stereocenters. The number of hydrogen-bond acceptors (Lipinski definition) is 6. The molecular formula is C15H13ClN2O5S. The maximum absolute atomic E-state index is 11.8. The maximum atomic E-state index is 11.8. The lowest BCUT2D eigenvalue weighted by atomic mass is 10.1. The van der Waals surface area contributed by atoms with Crippen molar-refractivity contribution in [3.63, 3.8) is 0 Å². The van der Waals surface area contributed by atoms with Gasteiger partial charge in [0.2, 0.25) is 0 Å². The van der Waals surface area contributed by atoms with Gasteiger partial charge in [-0.2, -0.15) is 0 Å². The minimum absolute atomic E-state index is 0.0670. The van der Waals surface area contributed by atoms with Crippen molar-refractivity contribution in [2.45, 2.75) is 13.0 Å². The molecule has 9 heteroatoms. The van der Waals surface area contributed by atoms with E-state index in [2.05, 4.69) is 5.32 Å². The van der Waals surface area contributed by atoms with E-state index in [0.29, 0.717) is 16.4 Å². The van der Waals surface area contributed by atoms with Gasteiger partial charge in [0.25, 0.3) is 5.91 Å². The molecule has 2 rings (SSSR count). The predicted octanol–water partition coefficient (Wildman–Crippen LogP) is 3.34. The number of ether oxygens (including phenoxy) is 1. The van der Waals surface area contributed by atoms with Gasteiger partial charge in [-0.05, 0) is 30.7 Å². The lowest BCUT2D eigenvalue weighted by molar-refractivity contribution is -0.380. The molecule has 0 saturated carbocycles. The molecule has 0 aliphatic heterocycles. The van der Waals surface area contributed by atoms with E-state index in [-0.39, 0.29) is 15.9 Å². The Morgan fingerprint density at radius 1 is 1.38 bits per heavy atom. The van der Waals surface area contributed by atoms with Gasteiger partial charge in [-0.1, -0.05) is 35.1 Å². The van der Waals surface area contributed by atoms with Crippen LogP contribution in [0.5, 0.6) is 0 Å². The monoisotopic (exact) mass is 368 g/mol. The third-order valence-electron chi connectivity index (χ3n) is 3.03. The van der Waals surface area contributed by atoms with Gasteiger partial charge in [0, 0.05) is 11.1 Å². The topological polar surface area (TPSA) is 98.5 Å². The number of rotatable bonds is 6. The Morgan fingerprint density at radius 3 is 2.75 bits per heavy atom. The fourth-order valence-electron chi connectivity index (χ4n) is 1.88. The fourth-order valence-corrected chi connectivity index (χ4v) is 2.79. The number of hydrogen-bond donors (Lipinski definition) is 1. The van der Waals surface area contributed by atoms with Crippen molar-refractivity contribution in [3.8, 4) is 0 Å². The standard InChI is InChI=1S/C15H13ClN2O5S/c1-9(10-3-2-4-11(16)7-10)17-13(19)8-23-15(20)12-5-6-14(24-12)18(21)22/h2-7,9H,8H2,1H3,(H,17,19)/t9-/m0/s1. The molecule has 1 aromatic heterocycles. The lowest BCUT2D eigenvalue weighted by Crippen LogP contribution is -2.31. The second kappa shape index (κ2) is 7.89. The highest BCUT2D eigenvalue weighted by Crippen LogP contribution is 2.24. The van der Waals surface area contributed by atoms with Gasteiger partial charge < -0.3 is 10.1 Å². The van der Waals surface area contributed by atoms with Crippen molar-refractivity contribution in [2.75, 3.05) is 6.61 Å². The molecule has 126 valence electrons. The number of nitro groups is 1. The van der Waals surface area contributed by atoms with Crippen LogP contribution in [0.4, 0.5) is 5.00 Å². The molecule has 0 radical (unpaired) electrons. The molecule has 0 fully saturated rings. The number of nitrogens with one attached hydrogen (secondary N) is 1. The van der Waals surface area contributed by atoms with Crippen molar-refractivity contribution in [2.24, 2.45) is 0 Å². The van der Waals surface area contributed by atoms with Gasteiger partial charge in [-0.3, -0.25) is 14.9 Å². The van der Waals surface area contributed by atoms with E-state index in [1.165, 1.54) is 12.1 Å². The smallest absolute Gasteiger partial charge is 0.349 e. The van der Waals surface area contributed by atoms with E-state index >= 15 is 0 Å². The molecule has 2 aromatic rings. The zero-order chi connectivity index (χ0) is 17.7. The van der Waals surface area contributed by atoms with E-state index < -0.39 is 23.4 Å². The average Bonchev–Trinajstić information content (AvgIpc) is 3.03. The molecule has 0 saturated heterocycles. The van der Waals surface area contributed by atoms with E-state index in [9.17, 15) is 19.7 Å². The van der Waals surface area contributed by atoms with Crippen LogP contribution in [0.2, 0.25) is 5.02 Å². The molecule has 0 bridgehead atoms. The first-order valence-electron chi connectivity index (χ1n) is 6.83. The molecule has 1 N–H and O–H groups in total. The maximum Gasteiger partial charge on any atom is 0.349 e. The summed E-state index contributed by atoms with van der Waals surface area (Å²) in [5, 5.41) is 13.6. The number of thiophene rings is 1. The number of carbonyl (C=O) groups excluding carboxylic acids is 2. The van der Waals surface area contributed by atoms with Crippen LogP contribution < -0.4 is 5.32 Å². The number of amides is 1. The minimum atomic E-state index is -0.779. The van der Waals surface area contributed by atoms with Gasteiger partial charge in [0.1, 0.15) is 4.88 Å². The van der Waals surface area contributed by atoms with Crippen LogP contribution in [0.15, 0.2) is 36.4 Å².